The molecular formula is C15H18IN. The highest BCUT2D eigenvalue weighted by Crippen LogP contribution is 2.05. The molecule has 90 valence electrons. The lowest BCUT2D eigenvalue weighted by Gasteiger charge is -2.02. The van der Waals surface area contributed by atoms with Crippen molar-refractivity contribution in [3.05, 3.63) is 65.5 Å². The molecule has 1 aromatic heterocycles. The van der Waals surface area contributed by atoms with Crippen LogP contribution in [0.15, 0.2) is 48.8 Å². The minimum absolute atomic E-state index is 0. The topological polar surface area (TPSA) is 3.88 Å². The molecular weight excluding hydrogens is 321 g/mol. The Kier molecular flexibility index (Phi) is 5.62. The summed E-state index contributed by atoms with van der Waals surface area (Å²) in [4.78, 5) is 0. The maximum Gasteiger partial charge on any atom is 0.173 e. The van der Waals surface area contributed by atoms with Crippen molar-refractivity contribution in [3.63, 3.8) is 0 Å². The van der Waals surface area contributed by atoms with E-state index in [1.807, 2.05) is 0 Å². The standard InChI is InChI=1S/C15H18N.HI/c1-3-15-9-10-16(11-13(15)2)12-14-7-5-4-6-8-14;/h4-11H,3,12H2,1-2H3;1H/q+1;/p-1. The van der Waals surface area contributed by atoms with Gasteiger partial charge < -0.3 is 24.0 Å². The third-order valence-corrected chi connectivity index (χ3v) is 2.92. The third-order valence-electron chi connectivity index (χ3n) is 2.92. The van der Waals surface area contributed by atoms with Gasteiger partial charge in [0, 0.05) is 17.2 Å². The van der Waals surface area contributed by atoms with Crippen LogP contribution in [0.1, 0.15) is 23.6 Å². The molecule has 0 atom stereocenters. The first-order chi connectivity index (χ1) is 7.79. The smallest absolute Gasteiger partial charge is 0.173 e. The molecule has 1 aromatic carbocycles. The summed E-state index contributed by atoms with van der Waals surface area (Å²) in [6.45, 7) is 5.33. The van der Waals surface area contributed by atoms with E-state index in [-0.39, 0.29) is 24.0 Å². The van der Waals surface area contributed by atoms with Gasteiger partial charge in [-0.3, -0.25) is 0 Å². The van der Waals surface area contributed by atoms with E-state index in [4.69, 9.17) is 0 Å². The molecule has 0 unspecified atom stereocenters. The molecule has 0 aliphatic heterocycles. The van der Waals surface area contributed by atoms with Gasteiger partial charge in [0.1, 0.15) is 0 Å². The van der Waals surface area contributed by atoms with Gasteiger partial charge >= 0.3 is 0 Å². The molecule has 0 amide bonds. The Morgan fingerprint density at radius 3 is 2.35 bits per heavy atom. The zero-order valence-corrected chi connectivity index (χ0v) is 12.5. The monoisotopic (exact) mass is 339 g/mol. The number of benzene rings is 1. The van der Waals surface area contributed by atoms with Crippen molar-refractivity contribution in [1.82, 2.24) is 0 Å². The minimum Gasteiger partial charge on any atom is -1.00 e. The number of aromatic nitrogens is 1. The fourth-order valence-electron chi connectivity index (χ4n) is 1.98. The van der Waals surface area contributed by atoms with Crippen molar-refractivity contribution in [3.8, 4) is 0 Å². The fourth-order valence-corrected chi connectivity index (χ4v) is 1.98. The lowest BCUT2D eigenvalue weighted by atomic mass is 10.1. The predicted octanol–water partition coefficient (Wildman–Crippen LogP) is -0.103. The SMILES string of the molecule is CCc1cc[n+](Cc2ccccc2)cc1C.[I-]. The van der Waals surface area contributed by atoms with Gasteiger partial charge in [-0.1, -0.05) is 37.3 Å². The molecule has 0 spiro atoms. The highest BCUT2D eigenvalue weighted by atomic mass is 127. The van der Waals surface area contributed by atoms with Crippen LogP contribution in [0.5, 0.6) is 0 Å². The average molecular weight is 339 g/mol. The van der Waals surface area contributed by atoms with Crippen LogP contribution in [0.2, 0.25) is 0 Å². The van der Waals surface area contributed by atoms with Gasteiger partial charge in [-0.15, -0.1) is 0 Å². The van der Waals surface area contributed by atoms with Crippen molar-refractivity contribution in [1.29, 1.82) is 0 Å². The fraction of sp³-hybridized carbons (Fsp3) is 0.267. The molecule has 2 heteroatoms. The Labute approximate surface area is 121 Å². The maximum absolute atomic E-state index is 2.24. The largest absolute Gasteiger partial charge is 1.00 e. The van der Waals surface area contributed by atoms with Gasteiger partial charge in [0.15, 0.2) is 18.9 Å². The Morgan fingerprint density at radius 1 is 1.06 bits per heavy atom. The Bertz CT molecular complexity index is 466. The van der Waals surface area contributed by atoms with E-state index in [1.54, 1.807) is 0 Å². The summed E-state index contributed by atoms with van der Waals surface area (Å²) in [5.74, 6) is 0. The van der Waals surface area contributed by atoms with Gasteiger partial charge in [0.2, 0.25) is 0 Å². The molecule has 0 saturated heterocycles. The average Bonchev–Trinajstić information content (AvgIpc) is 2.31. The molecule has 0 N–H and O–H groups in total. The molecule has 1 nitrogen and oxygen atoms in total. The zero-order chi connectivity index (χ0) is 11.4. The minimum atomic E-state index is 0. The number of hydrogen-bond donors (Lipinski definition) is 0. The molecule has 0 saturated carbocycles. The van der Waals surface area contributed by atoms with Gasteiger partial charge in [0.05, 0.1) is 0 Å². The quantitative estimate of drug-likeness (QED) is 0.543. The molecule has 17 heavy (non-hydrogen) atoms. The molecule has 0 bridgehead atoms. The van der Waals surface area contributed by atoms with Crippen LogP contribution in [0.25, 0.3) is 0 Å². The number of rotatable bonds is 3. The van der Waals surface area contributed by atoms with Gasteiger partial charge in [0.25, 0.3) is 0 Å². The van der Waals surface area contributed by atoms with Gasteiger partial charge in [-0.2, -0.15) is 0 Å². The van der Waals surface area contributed by atoms with Crippen LogP contribution in [0, 0.1) is 6.92 Å². The van der Waals surface area contributed by atoms with Crippen LogP contribution in [-0.2, 0) is 13.0 Å². The third kappa shape index (κ3) is 3.80. The summed E-state index contributed by atoms with van der Waals surface area (Å²) < 4.78 is 2.24. The first kappa shape index (κ1) is 14.2. The van der Waals surface area contributed by atoms with Crippen molar-refractivity contribution in [2.75, 3.05) is 0 Å². The highest BCUT2D eigenvalue weighted by Gasteiger charge is 2.05. The maximum atomic E-state index is 2.24. The van der Waals surface area contributed by atoms with E-state index in [1.165, 1.54) is 16.7 Å². The molecule has 2 rings (SSSR count). The second-order valence-corrected chi connectivity index (χ2v) is 4.16. The summed E-state index contributed by atoms with van der Waals surface area (Å²) in [5, 5.41) is 0. The van der Waals surface area contributed by atoms with E-state index in [0.29, 0.717) is 0 Å². The summed E-state index contributed by atoms with van der Waals surface area (Å²) in [5.41, 5.74) is 4.15. The van der Waals surface area contributed by atoms with Gasteiger partial charge in [-0.05, 0) is 18.9 Å². The first-order valence-electron chi connectivity index (χ1n) is 5.82. The van der Waals surface area contributed by atoms with E-state index >= 15 is 0 Å². The molecule has 0 aliphatic carbocycles. The van der Waals surface area contributed by atoms with E-state index in [2.05, 4.69) is 67.2 Å². The lowest BCUT2D eigenvalue weighted by molar-refractivity contribution is -0.688. The van der Waals surface area contributed by atoms with E-state index < -0.39 is 0 Å². The van der Waals surface area contributed by atoms with Crippen LogP contribution in [0.4, 0.5) is 0 Å². The Morgan fingerprint density at radius 2 is 1.76 bits per heavy atom. The van der Waals surface area contributed by atoms with Crippen LogP contribution < -0.4 is 28.5 Å². The second-order valence-electron chi connectivity index (χ2n) is 4.16. The molecule has 0 fully saturated rings. The lowest BCUT2D eigenvalue weighted by Crippen LogP contribution is -3.00. The van der Waals surface area contributed by atoms with E-state index in [0.717, 1.165) is 13.0 Å². The number of aryl methyl sites for hydroxylation is 2. The Hall–Kier alpha value is -0.900. The molecule has 1 heterocycles. The molecule has 0 aliphatic rings. The van der Waals surface area contributed by atoms with Crippen LogP contribution in [-0.4, -0.2) is 0 Å². The normalized spacial score (nSPS) is 9.76. The number of nitrogens with zero attached hydrogens (tertiary/aromatic N) is 1. The van der Waals surface area contributed by atoms with Crippen molar-refractivity contribution < 1.29 is 28.5 Å². The number of pyridine rings is 1. The van der Waals surface area contributed by atoms with Crippen LogP contribution >= 0.6 is 0 Å². The van der Waals surface area contributed by atoms with Crippen LogP contribution in [0.3, 0.4) is 0 Å². The Balaban J connectivity index is 0.00000144. The van der Waals surface area contributed by atoms with Crippen molar-refractivity contribution in [2.24, 2.45) is 0 Å². The van der Waals surface area contributed by atoms with E-state index in [9.17, 15) is 0 Å². The highest BCUT2D eigenvalue weighted by molar-refractivity contribution is 5.19. The summed E-state index contributed by atoms with van der Waals surface area (Å²) >= 11 is 0. The molecule has 2 aromatic rings. The second kappa shape index (κ2) is 6.74. The van der Waals surface area contributed by atoms with Crippen molar-refractivity contribution >= 4 is 0 Å². The summed E-state index contributed by atoms with van der Waals surface area (Å²) in [7, 11) is 0. The zero-order valence-electron chi connectivity index (χ0n) is 10.4. The first-order valence-corrected chi connectivity index (χ1v) is 5.82. The number of halogens is 1. The number of hydrogen-bond acceptors (Lipinski definition) is 0. The molecule has 0 radical (unpaired) electrons. The van der Waals surface area contributed by atoms with Gasteiger partial charge in [-0.25, -0.2) is 4.57 Å². The predicted molar refractivity (Wildman–Crippen MR) is 66.3 cm³/mol. The summed E-state index contributed by atoms with van der Waals surface area (Å²) in [6.07, 6.45) is 5.50. The van der Waals surface area contributed by atoms with Crippen molar-refractivity contribution in [2.45, 2.75) is 26.8 Å². The summed E-state index contributed by atoms with van der Waals surface area (Å²) in [6, 6.07) is 12.8.